The van der Waals surface area contributed by atoms with Crippen molar-refractivity contribution in [3.05, 3.63) is 16.9 Å². The molecule has 1 atom stereocenters. The molecule has 1 aliphatic rings. The molecule has 1 fully saturated rings. The van der Waals surface area contributed by atoms with Crippen LogP contribution >= 0.6 is 15.9 Å². The number of pyridine rings is 1. The molecular weight excluding hydrogens is 254 g/mol. The number of hydrogen-bond donors (Lipinski definition) is 2. The maximum absolute atomic E-state index is 5.87. The van der Waals surface area contributed by atoms with Crippen LogP contribution in [0.15, 0.2) is 16.9 Å². The highest BCUT2D eigenvalue weighted by molar-refractivity contribution is 9.10. The van der Waals surface area contributed by atoms with Gasteiger partial charge in [0.25, 0.3) is 0 Å². The minimum Gasteiger partial charge on any atom is -0.396 e. The van der Waals surface area contributed by atoms with Crippen LogP contribution in [0.25, 0.3) is 0 Å². The lowest BCUT2D eigenvalue weighted by Gasteiger charge is -2.33. The van der Waals surface area contributed by atoms with Gasteiger partial charge in [-0.1, -0.05) is 6.42 Å². The fraction of sp³-hybridized carbons (Fsp3) is 0.545. The first-order valence-corrected chi connectivity index (χ1v) is 6.13. The number of anilines is 2. The quantitative estimate of drug-likeness (QED) is 0.887. The lowest BCUT2D eigenvalue weighted by atomic mass is 9.80. The molecular formula is C11H16BrN3. The van der Waals surface area contributed by atoms with Gasteiger partial charge in [0.15, 0.2) is 0 Å². The molecule has 4 heteroatoms. The van der Waals surface area contributed by atoms with Crippen molar-refractivity contribution in [1.82, 2.24) is 4.98 Å². The molecule has 0 amide bonds. The maximum Gasteiger partial charge on any atom is 0.0752 e. The van der Waals surface area contributed by atoms with Crippen LogP contribution in [0.1, 0.15) is 26.2 Å². The molecule has 0 bridgehead atoms. The van der Waals surface area contributed by atoms with Gasteiger partial charge in [-0.25, -0.2) is 0 Å². The van der Waals surface area contributed by atoms with E-state index in [2.05, 4.69) is 33.2 Å². The van der Waals surface area contributed by atoms with Crippen LogP contribution in [0.3, 0.4) is 0 Å². The molecule has 1 aromatic rings. The summed E-state index contributed by atoms with van der Waals surface area (Å²) in [5.74, 6) is 0.796. The number of rotatable bonds is 3. The Hall–Kier alpha value is -0.770. The van der Waals surface area contributed by atoms with E-state index in [0.29, 0.717) is 11.7 Å². The third-order valence-electron chi connectivity index (χ3n) is 3.16. The lowest BCUT2D eigenvalue weighted by molar-refractivity contribution is 0.285. The molecule has 1 unspecified atom stereocenters. The SMILES string of the molecule is CC(Nc1c(N)cncc1Br)C1CCC1. The summed E-state index contributed by atoms with van der Waals surface area (Å²) in [6.07, 6.45) is 7.48. The standard InChI is InChI=1S/C11H16BrN3/c1-7(8-3-2-4-8)15-11-9(12)5-14-6-10(11)13/h5-8H,2-4,13H2,1H3,(H,14,15). The second-order valence-electron chi connectivity index (χ2n) is 4.21. The molecule has 3 N–H and O–H groups in total. The van der Waals surface area contributed by atoms with Crippen LogP contribution in [0.4, 0.5) is 11.4 Å². The summed E-state index contributed by atoms with van der Waals surface area (Å²) in [6.45, 7) is 2.22. The van der Waals surface area contributed by atoms with E-state index >= 15 is 0 Å². The highest BCUT2D eigenvalue weighted by Crippen LogP contribution is 2.34. The minimum atomic E-state index is 0.486. The van der Waals surface area contributed by atoms with Gasteiger partial charge < -0.3 is 11.1 Å². The van der Waals surface area contributed by atoms with Gasteiger partial charge in [-0.05, 0) is 41.6 Å². The predicted octanol–water partition coefficient (Wildman–Crippen LogP) is 3.03. The Morgan fingerprint density at radius 3 is 2.80 bits per heavy atom. The van der Waals surface area contributed by atoms with Gasteiger partial charge in [0.1, 0.15) is 0 Å². The molecule has 82 valence electrons. The van der Waals surface area contributed by atoms with E-state index in [0.717, 1.165) is 16.1 Å². The van der Waals surface area contributed by atoms with E-state index in [1.807, 2.05) is 0 Å². The maximum atomic E-state index is 5.87. The van der Waals surface area contributed by atoms with Crippen molar-refractivity contribution >= 4 is 27.3 Å². The van der Waals surface area contributed by atoms with Gasteiger partial charge >= 0.3 is 0 Å². The van der Waals surface area contributed by atoms with Crippen molar-refractivity contribution in [2.24, 2.45) is 5.92 Å². The van der Waals surface area contributed by atoms with Crippen LogP contribution in [-0.2, 0) is 0 Å². The van der Waals surface area contributed by atoms with Gasteiger partial charge in [-0.15, -0.1) is 0 Å². The average Bonchev–Trinajstić information content (AvgIpc) is 2.08. The van der Waals surface area contributed by atoms with E-state index in [-0.39, 0.29) is 0 Å². The lowest BCUT2D eigenvalue weighted by Crippen LogP contribution is -2.31. The number of nitrogens with one attached hydrogen (secondary N) is 1. The van der Waals surface area contributed by atoms with Gasteiger partial charge in [0.2, 0.25) is 0 Å². The number of halogens is 1. The van der Waals surface area contributed by atoms with Crippen molar-refractivity contribution in [1.29, 1.82) is 0 Å². The predicted molar refractivity (Wildman–Crippen MR) is 66.8 cm³/mol. The third-order valence-corrected chi connectivity index (χ3v) is 3.76. The summed E-state index contributed by atoms with van der Waals surface area (Å²) in [7, 11) is 0. The summed E-state index contributed by atoms with van der Waals surface area (Å²) >= 11 is 3.46. The molecule has 1 saturated carbocycles. The number of nitrogen functional groups attached to an aromatic ring is 1. The van der Waals surface area contributed by atoms with Crippen LogP contribution in [0.2, 0.25) is 0 Å². The van der Waals surface area contributed by atoms with Crippen molar-refractivity contribution in [3.8, 4) is 0 Å². The first-order valence-electron chi connectivity index (χ1n) is 5.34. The van der Waals surface area contributed by atoms with Crippen LogP contribution in [0, 0.1) is 5.92 Å². The number of nitrogens with two attached hydrogens (primary N) is 1. The van der Waals surface area contributed by atoms with Gasteiger partial charge in [-0.3, -0.25) is 4.98 Å². The van der Waals surface area contributed by atoms with E-state index < -0.39 is 0 Å². The summed E-state index contributed by atoms with van der Waals surface area (Å²) < 4.78 is 0.939. The molecule has 1 heterocycles. The minimum absolute atomic E-state index is 0.486. The van der Waals surface area contributed by atoms with E-state index in [4.69, 9.17) is 5.73 Å². The first-order chi connectivity index (χ1) is 7.18. The Balaban J connectivity index is 2.09. The molecule has 0 saturated heterocycles. The van der Waals surface area contributed by atoms with Crippen LogP contribution in [0.5, 0.6) is 0 Å². The molecule has 1 aliphatic carbocycles. The van der Waals surface area contributed by atoms with E-state index in [1.165, 1.54) is 19.3 Å². The summed E-state index contributed by atoms with van der Waals surface area (Å²) in [5, 5.41) is 3.47. The fourth-order valence-corrected chi connectivity index (χ4v) is 2.35. The second kappa shape index (κ2) is 4.39. The Bertz CT molecular complexity index is 329. The zero-order valence-corrected chi connectivity index (χ0v) is 10.4. The van der Waals surface area contributed by atoms with Gasteiger partial charge in [0, 0.05) is 12.2 Å². The van der Waals surface area contributed by atoms with Gasteiger partial charge in [0.05, 0.1) is 22.0 Å². The summed E-state index contributed by atoms with van der Waals surface area (Å²) in [4.78, 5) is 4.02. The molecule has 0 spiro atoms. The molecule has 0 radical (unpaired) electrons. The largest absolute Gasteiger partial charge is 0.396 e. The Labute approximate surface area is 98.6 Å². The van der Waals surface area contributed by atoms with Gasteiger partial charge in [-0.2, -0.15) is 0 Å². The Kier molecular flexibility index (Phi) is 3.14. The highest BCUT2D eigenvalue weighted by Gasteiger charge is 2.24. The molecule has 3 nitrogen and oxygen atoms in total. The second-order valence-corrected chi connectivity index (χ2v) is 5.06. The first kappa shape index (κ1) is 10.7. The van der Waals surface area contributed by atoms with Crippen molar-refractivity contribution in [2.75, 3.05) is 11.1 Å². The summed E-state index contributed by atoms with van der Waals surface area (Å²) in [6, 6.07) is 0.486. The zero-order chi connectivity index (χ0) is 10.8. The van der Waals surface area contributed by atoms with Crippen molar-refractivity contribution < 1.29 is 0 Å². The topological polar surface area (TPSA) is 50.9 Å². The van der Waals surface area contributed by atoms with E-state index in [9.17, 15) is 0 Å². The molecule has 15 heavy (non-hydrogen) atoms. The Morgan fingerprint density at radius 2 is 2.27 bits per heavy atom. The molecule has 0 aliphatic heterocycles. The smallest absolute Gasteiger partial charge is 0.0752 e. The normalized spacial score (nSPS) is 18.3. The highest BCUT2D eigenvalue weighted by atomic mass is 79.9. The number of aromatic nitrogens is 1. The summed E-state index contributed by atoms with van der Waals surface area (Å²) in [5.41, 5.74) is 7.55. The van der Waals surface area contributed by atoms with Crippen LogP contribution in [-0.4, -0.2) is 11.0 Å². The van der Waals surface area contributed by atoms with Crippen LogP contribution < -0.4 is 11.1 Å². The van der Waals surface area contributed by atoms with Crippen molar-refractivity contribution in [3.63, 3.8) is 0 Å². The molecule has 0 aromatic carbocycles. The molecule has 2 rings (SSSR count). The van der Waals surface area contributed by atoms with E-state index in [1.54, 1.807) is 12.4 Å². The third kappa shape index (κ3) is 2.25. The average molecular weight is 270 g/mol. The number of nitrogens with zero attached hydrogens (tertiary/aromatic N) is 1. The monoisotopic (exact) mass is 269 g/mol. The zero-order valence-electron chi connectivity index (χ0n) is 8.83. The molecule has 1 aromatic heterocycles. The Morgan fingerprint density at radius 1 is 1.53 bits per heavy atom. The van der Waals surface area contributed by atoms with Crippen molar-refractivity contribution in [2.45, 2.75) is 32.2 Å². The fourth-order valence-electron chi connectivity index (χ4n) is 1.89. The number of hydrogen-bond acceptors (Lipinski definition) is 3.